The topological polar surface area (TPSA) is 42.9 Å². The second-order valence-corrected chi connectivity index (χ2v) is 8.39. The molecule has 1 aromatic heterocycles. The molecule has 0 spiro atoms. The molecular weight excluding hydrogens is 330 g/mol. The van der Waals surface area contributed by atoms with Crippen LogP contribution in [-0.4, -0.2) is 74.7 Å². The van der Waals surface area contributed by atoms with Gasteiger partial charge in [0, 0.05) is 48.4 Å². The van der Waals surface area contributed by atoms with Crippen molar-refractivity contribution in [3.8, 4) is 0 Å². The van der Waals surface area contributed by atoms with Crippen molar-refractivity contribution < 1.29 is 0 Å². The van der Waals surface area contributed by atoms with Crippen LogP contribution < -0.4 is 10.6 Å². The maximum Gasteiger partial charge on any atom is 0.191 e. The Balaban J connectivity index is 1.78. The van der Waals surface area contributed by atoms with Gasteiger partial charge in [-0.2, -0.15) is 0 Å². The summed E-state index contributed by atoms with van der Waals surface area (Å²) in [4.78, 5) is 12.6. The molecular formula is C19H35N5S. The normalized spacial score (nSPS) is 18.8. The fourth-order valence-corrected chi connectivity index (χ4v) is 4.15. The Bertz CT molecular complexity index is 528. The number of nitrogens with one attached hydrogen (secondary N) is 2. The molecule has 1 aliphatic heterocycles. The zero-order valence-electron chi connectivity index (χ0n) is 16.3. The van der Waals surface area contributed by atoms with Crippen LogP contribution in [0.1, 0.15) is 30.0 Å². The Morgan fingerprint density at radius 3 is 2.84 bits per heavy atom. The van der Waals surface area contributed by atoms with E-state index in [1.165, 1.54) is 35.8 Å². The summed E-state index contributed by atoms with van der Waals surface area (Å²) in [6, 6.07) is 4.81. The molecule has 142 valence electrons. The van der Waals surface area contributed by atoms with Crippen molar-refractivity contribution in [2.75, 3.05) is 52.9 Å². The maximum atomic E-state index is 4.79. The molecule has 2 heterocycles. The van der Waals surface area contributed by atoms with E-state index in [1.54, 1.807) is 0 Å². The number of aryl methyl sites for hydroxylation is 1. The summed E-state index contributed by atoms with van der Waals surface area (Å²) in [5.41, 5.74) is 0. The Hall–Kier alpha value is -1.11. The molecule has 6 heteroatoms. The summed E-state index contributed by atoms with van der Waals surface area (Å²) in [6.07, 6.45) is 2.30. The van der Waals surface area contributed by atoms with Crippen molar-refractivity contribution in [3.63, 3.8) is 0 Å². The van der Waals surface area contributed by atoms with Crippen LogP contribution in [-0.2, 0) is 6.42 Å². The van der Waals surface area contributed by atoms with E-state index in [-0.39, 0.29) is 0 Å². The minimum Gasteiger partial charge on any atom is -0.357 e. The van der Waals surface area contributed by atoms with Gasteiger partial charge in [0.1, 0.15) is 0 Å². The van der Waals surface area contributed by atoms with Gasteiger partial charge in [-0.05, 0) is 59.5 Å². The van der Waals surface area contributed by atoms with Crippen LogP contribution in [0.15, 0.2) is 17.1 Å². The summed E-state index contributed by atoms with van der Waals surface area (Å²) >= 11 is 1.88. The van der Waals surface area contributed by atoms with Gasteiger partial charge in [-0.3, -0.25) is 4.99 Å². The molecule has 0 aliphatic carbocycles. The Labute approximate surface area is 157 Å². The van der Waals surface area contributed by atoms with Crippen LogP contribution in [0.2, 0.25) is 0 Å². The van der Waals surface area contributed by atoms with Gasteiger partial charge in [0.05, 0.1) is 6.54 Å². The first kappa shape index (κ1) is 20.2. The number of hydrogen-bond acceptors (Lipinski definition) is 4. The number of thiophene rings is 1. The zero-order valence-corrected chi connectivity index (χ0v) is 17.2. The summed E-state index contributed by atoms with van der Waals surface area (Å²) in [7, 11) is 2.21. The molecule has 25 heavy (non-hydrogen) atoms. The molecule has 0 saturated carbocycles. The van der Waals surface area contributed by atoms with Crippen LogP contribution in [0.3, 0.4) is 0 Å². The molecule has 1 saturated heterocycles. The molecule has 2 rings (SSSR count). The van der Waals surface area contributed by atoms with Crippen molar-refractivity contribution in [2.24, 2.45) is 4.99 Å². The number of nitrogens with zero attached hydrogens (tertiary/aromatic N) is 3. The third-order valence-electron chi connectivity index (χ3n) is 4.53. The first-order chi connectivity index (χ1) is 12.1. The van der Waals surface area contributed by atoms with Gasteiger partial charge >= 0.3 is 0 Å². The lowest BCUT2D eigenvalue weighted by Gasteiger charge is -2.20. The third-order valence-corrected chi connectivity index (χ3v) is 5.55. The first-order valence-corrected chi connectivity index (χ1v) is 10.4. The lowest BCUT2D eigenvalue weighted by molar-refractivity contribution is 0.283. The molecule has 0 radical (unpaired) electrons. The summed E-state index contributed by atoms with van der Waals surface area (Å²) < 4.78 is 0. The fraction of sp³-hybridized carbons (Fsp3) is 0.737. The van der Waals surface area contributed by atoms with E-state index < -0.39 is 0 Å². The lowest BCUT2D eigenvalue weighted by atomic mass is 10.2. The third kappa shape index (κ3) is 7.75. The monoisotopic (exact) mass is 365 g/mol. The molecule has 1 atom stereocenters. The number of guanidine groups is 1. The molecule has 5 nitrogen and oxygen atoms in total. The van der Waals surface area contributed by atoms with Gasteiger partial charge in [0.2, 0.25) is 0 Å². The van der Waals surface area contributed by atoms with Crippen molar-refractivity contribution in [3.05, 3.63) is 21.9 Å². The van der Waals surface area contributed by atoms with Crippen LogP contribution in [0.25, 0.3) is 0 Å². The smallest absolute Gasteiger partial charge is 0.191 e. The highest BCUT2D eigenvalue weighted by atomic mass is 32.1. The highest BCUT2D eigenvalue weighted by molar-refractivity contribution is 7.11. The quantitative estimate of drug-likeness (QED) is 0.574. The first-order valence-electron chi connectivity index (χ1n) is 9.58. The molecule has 0 aromatic carbocycles. The van der Waals surface area contributed by atoms with Gasteiger partial charge < -0.3 is 20.4 Å². The highest BCUT2D eigenvalue weighted by Gasteiger charge is 2.12. The minimum absolute atomic E-state index is 0.377. The number of rotatable bonds is 7. The van der Waals surface area contributed by atoms with E-state index in [9.17, 15) is 0 Å². The molecule has 1 aliphatic rings. The Morgan fingerprint density at radius 2 is 2.12 bits per heavy atom. The van der Waals surface area contributed by atoms with E-state index in [0.29, 0.717) is 6.04 Å². The number of hydrogen-bond donors (Lipinski definition) is 2. The average Bonchev–Trinajstić information content (AvgIpc) is 2.84. The summed E-state index contributed by atoms with van der Waals surface area (Å²) in [5.74, 6) is 0.940. The molecule has 0 bridgehead atoms. The van der Waals surface area contributed by atoms with Crippen molar-refractivity contribution >= 4 is 17.3 Å². The molecule has 2 N–H and O–H groups in total. The van der Waals surface area contributed by atoms with Crippen LogP contribution in [0.4, 0.5) is 0 Å². The number of aliphatic imine (C=N–C) groups is 1. The molecule has 1 aromatic rings. The second-order valence-electron chi connectivity index (χ2n) is 7.02. The Morgan fingerprint density at radius 1 is 1.28 bits per heavy atom. The van der Waals surface area contributed by atoms with Crippen LogP contribution in [0.5, 0.6) is 0 Å². The predicted molar refractivity (Wildman–Crippen MR) is 110 cm³/mol. The standard InChI is InChI=1S/C19H35N5S/c1-5-20-19(22-16(2)15-18-8-7-17(3)25-18)21-9-12-24-11-6-10-23(4)13-14-24/h7-8,16H,5-6,9-15H2,1-4H3,(H2,20,21,22). The van der Waals surface area contributed by atoms with Crippen molar-refractivity contribution in [1.29, 1.82) is 0 Å². The van der Waals surface area contributed by atoms with Gasteiger partial charge in [0.25, 0.3) is 0 Å². The molecule has 1 fully saturated rings. The van der Waals surface area contributed by atoms with Gasteiger partial charge in [0.15, 0.2) is 5.96 Å². The van der Waals surface area contributed by atoms with E-state index in [1.807, 2.05) is 11.3 Å². The fourth-order valence-electron chi connectivity index (χ4n) is 3.13. The predicted octanol–water partition coefficient (Wildman–Crippen LogP) is 2.18. The number of likely N-dealkylation sites (N-methyl/N-ethyl adjacent to an activating group) is 1. The second kappa shape index (κ2) is 10.8. The minimum atomic E-state index is 0.377. The molecule has 0 amide bonds. The highest BCUT2D eigenvalue weighted by Crippen LogP contribution is 2.16. The van der Waals surface area contributed by atoms with Gasteiger partial charge in [-0.15, -0.1) is 11.3 Å². The average molecular weight is 366 g/mol. The molecule has 1 unspecified atom stereocenters. The summed E-state index contributed by atoms with van der Waals surface area (Å²) in [6.45, 7) is 14.0. The van der Waals surface area contributed by atoms with Crippen molar-refractivity contribution in [2.45, 2.75) is 39.7 Å². The van der Waals surface area contributed by atoms with E-state index in [4.69, 9.17) is 4.99 Å². The van der Waals surface area contributed by atoms with Crippen LogP contribution in [0, 0.1) is 6.92 Å². The van der Waals surface area contributed by atoms with E-state index in [0.717, 1.165) is 38.6 Å². The van der Waals surface area contributed by atoms with E-state index >= 15 is 0 Å². The van der Waals surface area contributed by atoms with Gasteiger partial charge in [-0.25, -0.2) is 0 Å². The largest absolute Gasteiger partial charge is 0.357 e. The lowest BCUT2D eigenvalue weighted by Crippen LogP contribution is -2.43. The Kier molecular flexibility index (Phi) is 8.72. The SMILES string of the molecule is CCNC(=NCCN1CCCN(C)CC1)NC(C)Cc1ccc(C)s1. The van der Waals surface area contributed by atoms with Crippen LogP contribution >= 0.6 is 11.3 Å². The van der Waals surface area contributed by atoms with Crippen molar-refractivity contribution in [1.82, 2.24) is 20.4 Å². The maximum absolute atomic E-state index is 4.79. The van der Waals surface area contributed by atoms with E-state index in [2.05, 4.69) is 60.4 Å². The zero-order chi connectivity index (χ0) is 18.1. The van der Waals surface area contributed by atoms with Gasteiger partial charge in [-0.1, -0.05) is 0 Å². The summed E-state index contributed by atoms with van der Waals surface area (Å²) in [5, 5.41) is 6.93.